The Balaban J connectivity index is 2.02. The Morgan fingerprint density at radius 2 is 1.75 bits per heavy atom. The monoisotopic (exact) mass is 342 g/mol. The van der Waals surface area contributed by atoms with Crippen LogP contribution in [0.3, 0.4) is 0 Å². The van der Waals surface area contributed by atoms with Crippen molar-refractivity contribution in [3.05, 3.63) is 54.2 Å². The van der Waals surface area contributed by atoms with E-state index in [1.807, 2.05) is 45.9 Å². The van der Waals surface area contributed by atoms with E-state index in [0.717, 1.165) is 5.03 Å². The molecule has 1 aromatic heterocycles. The lowest BCUT2D eigenvalue weighted by Crippen LogP contribution is -2.27. The molecular formula is C19H22N2O2S. The molecule has 1 unspecified atom stereocenters. The first-order chi connectivity index (χ1) is 11.3. The van der Waals surface area contributed by atoms with Crippen LogP contribution in [0, 0.1) is 5.41 Å². The van der Waals surface area contributed by atoms with Gasteiger partial charge in [0.15, 0.2) is 5.78 Å². The number of carbonyl (C=O) groups excluding carboxylic acids is 2. The van der Waals surface area contributed by atoms with E-state index in [-0.39, 0.29) is 16.9 Å². The maximum absolute atomic E-state index is 12.5. The number of thioether (sulfide) groups is 1. The summed E-state index contributed by atoms with van der Waals surface area (Å²) in [5.41, 5.74) is 0.860. The molecule has 0 aliphatic heterocycles. The third-order valence-electron chi connectivity index (χ3n) is 3.41. The molecule has 126 valence electrons. The number of rotatable bonds is 5. The van der Waals surface area contributed by atoms with Gasteiger partial charge in [0.2, 0.25) is 5.91 Å². The number of nitrogens with one attached hydrogen (secondary N) is 1. The van der Waals surface area contributed by atoms with Gasteiger partial charge in [0.1, 0.15) is 0 Å². The smallest absolute Gasteiger partial charge is 0.229 e. The third-order valence-corrected chi connectivity index (χ3v) is 4.46. The van der Waals surface area contributed by atoms with Crippen molar-refractivity contribution < 1.29 is 9.59 Å². The van der Waals surface area contributed by atoms with Gasteiger partial charge in [0.05, 0.1) is 10.3 Å². The van der Waals surface area contributed by atoms with E-state index >= 15 is 0 Å². The summed E-state index contributed by atoms with van der Waals surface area (Å²) in [6.45, 7) is 7.45. The summed E-state index contributed by atoms with van der Waals surface area (Å²) in [5, 5.41) is 3.45. The zero-order chi connectivity index (χ0) is 17.7. The zero-order valence-electron chi connectivity index (χ0n) is 14.4. The van der Waals surface area contributed by atoms with Crippen LogP contribution in [0.15, 0.2) is 53.7 Å². The molecular weight excluding hydrogens is 320 g/mol. The number of amides is 1. The maximum atomic E-state index is 12.5. The Morgan fingerprint density at radius 1 is 1.08 bits per heavy atom. The fourth-order valence-electron chi connectivity index (χ4n) is 1.92. The second kappa shape index (κ2) is 7.62. The summed E-state index contributed by atoms with van der Waals surface area (Å²) in [4.78, 5) is 28.7. The molecule has 0 saturated heterocycles. The number of aromatic nitrogens is 1. The highest BCUT2D eigenvalue weighted by molar-refractivity contribution is 8.00. The van der Waals surface area contributed by atoms with Crippen LogP contribution in [0.25, 0.3) is 0 Å². The predicted molar refractivity (Wildman–Crippen MR) is 98.4 cm³/mol. The van der Waals surface area contributed by atoms with E-state index in [9.17, 15) is 9.59 Å². The normalized spacial score (nSPS) is 12.5. The molecule has 0 aliphatic carbocycles. The van der Waals surface area contributed by atoms with Gasteiger partial charge in [-0.25, -0.2) is 4.98 Å². The highest BCUT2D eigenvalue weighted by atomic mass is 32.2. The predicted octanol–water partition coefficient (Wildman–Crippen LogP) is 4.43. The van der Waals surface area contributed by atoms with E-state index in [1.165, 1.54) is 11.8 Å². The quantitative estimate of drug-likeness (QED) is 0.645. The van der Waals surface area contributed by atoms with Crippen LogP contribution >= 0.6 is 11.8 Å². The van der Waals surface area contributed by atoms with E-state index < -0.39 is 5.41 Å². The number of Topliss-reactive ketones (excluding diaryl/α,β-unsaturated/α-hetero) is 1. The highest BCUT2D eigenvalue weighted by Gasteiger charge is 2.21. The summed E-state index contributed by atoms with van der Waals surface area (Å²) in [7, 11) is 0. The number of benzene rings is 1. The van der Waals surface area contributed by atoms with Crippen molar-refractivity contribution in [2.75, 3.05) is 5.32 Å². The Labute approximate surface area is 147 Å². The second-order valence-corrected chi connectivity index (χ2v) is 7.93. The van der Waals surface area contributed by atoms with Gasteiger partial charge in [-0.3, -0.25) is 9.59 Å². The van der Waals surface area contributed by atoms with Crippen molar-refractivity contribution in [1.29, 1.82) is 0 Å². The molecule has 2 rings (SSSR count). The molecule has 2 aromatic rings. The van der Waals surface area contributed by atoms with Crippen molar-refractivity contribution in [3.63, 3.8) is 0 Å². The van der Waals surface area contributed by atoms with Crippen molar-refractivity contribution in [3.8, 4) is 0 Å². The summed E-state index contributed by atoms with van der Waals surface area (Å²) in [6.07, 6.45) is 1.71. The Kier molecular flexibility index (Phi) is 5.78. The van der Waals surface area contributed by atoms with Crippen molar-refractivity contribution in [2.45, 2.75) is 38.0 Å². The van der Waals surface area contributed by atoms with Gasteiger partial charge in [-0.05, 0) is 43.3 Å². The van der Waals surface area contributed by atoms with Crippen molar-refractivity contribution in [2.24, 2.45) is 5.41 Å². The number of nitrogens with zero attached hydrogens (tertiary/aromatic N) is 1. The molecule has 0 radical (unpaired) electrons. The van der Waals surface area contributed by atoms with Crippen molar-refractivity contribution in [1.82, 2.24) is 4.98 Å². The minimum atomic E-state index is -0.456. The fraction of sp³-hybridized carbons (Fsp3) is 0.316. The van der Waals surface area contributed by atoms with Crippen LogP contribution in [0.2, 0.25) is 0 Å². The van der Waals surface area contributed by atoms with Crippen LogP contribution in [-0.4, -0.2) is 21.9 Å². The maximum Gasteiger partial charge on any atom is 0.229 e. The summed E-state index contributed by atoms with van der Waals surface area (Å²) >= 11 is 1.43. The van der Waals surface area contributed by atoms with Crippen LogP contribution in [-0.2, 0) is 4.79 Å². The summed E-state index contributed by atoms with van der Waals surface area (Å²) in [5.74, 6) is -0.0139. The lowest BCUT2D eigenvalue weighted by atomic mass is 9.95. The molecule has 5 heteroatoms. The minimum Gasteiger partial charge on any atom is -0.326 e. The van der Waals surface area contributed by atoms with Gasteiger partial charge >= 0.3 is 0 Å². The summed E-state index contributed by atoms with van der Waals surface area (Å²) in [6, 6.07) is 12.6. The number of anilines is 1. The molecule has 1 heterocycles. The number of pyridine rings is 1. The first-order valence-electron chi connectivity index (χ1n) is 7.81. The molecule has 1 N–H and O–H groups in total. The van der Waals surface area contributed by atoms with Gasteiger partial charge < -0.3 is 5.32 Å². The van der Waals surface area contributed by atoms with E-state index in [2.05, 4.69) is 10.3 Å². The number of ketones is 1. The molecule has 0 fully saturated rings. The average molecular weight is 342 g/mol. The lowest BCUT2D eigenvalue weighted by molar-refractivity contribution is -0.123. The van der Waals surface area contributed by atoms with E-state index in [4.69, 9.17) is 0 Å². The molecule has 1 aromatic carbocycles. The highest BCUT2D eigenvalue weighted by Crippen LogP contribution is 2.24. The van der Waals surface area contributed by atoms with Crippen LogP contribution in [0.4, 0.5) is 5.69 Å². The SMILES string of the molecule is CC(Sc1ccccn1)C(=O)c1ccc(NC(=O)C(C)(C)C)cc1. The second-order valence-electron chi connectivity index (χ2n) is 6.57. The molecule has 1 atom stereocenters. The van der Waals surface area contributed by atoms with Gasteiger partial charge in [-0.15, -0.1) is 0 Å². The Hall–Kier alpha value is -2.14. The fourth-order valence-corrected chi connectivity index (χ4v) is 2.81. The van der Waals surface area contributed by atoms with Gasteiger partial charge in [-0.2, -0.15) is 0 Å². The minimum absolute atomic E-state index is 0.0411. The zero-order valence-corrected chi connectivity index (χ0v) is 15.2. The van der Waals surface area contributed by atoms with E-state index in [0.29, 0.717) is 11.3 Å². The molecule has 0 spiro atoms. The topological polar surface area (TPSA) is 59.1 Å². The largest absolute Gasteiger partial charge is 0.326 e. The molecule has 0 saturated carbocycles. The van der Waals surface area contributed by atoms with Crippen LogP contribution < -0.4 is 5.32 Å². The molecule has 4 nitrogen and oxygen atoms in total. The van der Waals surface area contributed by atoms with Crippen LogP contribution in [0.5, 0.6) is 0 Å². The summed E-state index contributed by atoms with van der Waals surface area (Å²) < 4.78 is 0. The number of hydrogen-bond acceptors (Lipinski definition) is 4. The molecule has 1 amide bonds. The number of hydrogen-bond donors (Lipinski definition) is 1. The molecule has 24 heavy (non-hydrogen) atoms. The lowest BCUT2D eigenvalue weighted by Gasteiger charge is -2.17. The third kappa shape index (κ3) is 4.93. The van der Waals surface area contributed by atoms with Crippen molar-refractivity contribution >= 4 is 29.1 Å². The van der Waals surface area contributed by atoms with E-state index in [1.54, 1.807) is 30.5 Å². The first-order valence-corrected chi connectivity index (χ1v) is 8.69. The standard InChI is InChI=1S/C19H22N2O2S/c1-13(24-16-7-5-6-12-20-16)17(22)14-8-10-15(11-9-14)21-18(23)19(2,3)4/h5-13H,1-4H3,(H,21,23). The Bertz CT molecular complexity index is 706. The molecule has 0 bridgehead atoms. The first kappa shape index (κ1) is 18.2. The average Bonchev–Trinajstić information content (AvgIpc) is 2.55. The van der Waals surface area contributed by atoms with Gasteiger partial charge in [0, 0.05) is 22.9 Å². The Morgan fingerprint density at radius 3 is 2.29 bits per heavy atom. The molecule has 0 aliphatic rings. The van der Waals surface area contributed by atoms with Crippen LogP contribution in [0.1, 0.15) is 38.1 Å². The van der Waals surface area contributed by atoms with Gasteiger partial charge in [-0.1, -0.05) is 38.6 Å². The number of carbonyl (C=O) groups is 2. The van der Waals surface area contributed by atoms with Gasteiger partial charge in [0.25, 0.3) is 0 Å².